The van der Waals surface area contributed by atoms with Crippen LogP contribution in [0.15, 0.2) is 4.99 Å². The van der Waals surface area contributed by atoms with E-state index in [4.69, 9.17) is 0 Å². The molecule has 1 aliphatic carbocycles. The molecule has 0 aromatic heterocycles. The van der Waals surface area contributed by atoms with Crippen LogP contribution in [0.3, 0.4) is 0 Å². The molecule has 2 N–H and O–H groups in total. The van der Waals surface area contributed by atoms with Gasteiger partial charge in [0.2, 0.25) is 0 Å². The fraction of sp³-hybridized carbons (Fsp3) is 0.933. The van der Waals surface area contributed by atoms with E-state index in [1.807, 2.05) is 7.05 Å². The summed E-state index contributed by atoms with van der Waals surface area (Å²) in [4.78, 5) is 4.34. The first-order valence-corrected chi connectivity index (χ1v) is 8.90. The van der Waals surface area contributed by atoms with Crippen LogP contribution in [0.2, 0.25) is 0 Å². The maximum atomic E-state index is 4.34. The maximum Gasteiger partial charge on any atom is 0.191 e. The van der Waals surface area contributed by atoms with Crippen LogP contribution in [0.25, 0.3) is 0 Å². The SMILES string of the molecule is CN=C(NCC1CCCS1)NCC1CCCCC1C.I. The summed E-state index contributed by atoms with van der Waals surface area (Å²) in [6.07, 6.45) is 8.34. The Labute approximate surface area is 145 Å². The lowest BCUT2D eigenvalue weighted by Gasteiger charge is -2.29. The lowest BCUT2D eigenvalue weighted by Crippen LogP contribution is -2.43. The summed E-state index contributed by atoms with van der Waals surface area (Å²) in [5, 5.41) is 7.79. The van der Waals surface area contributed by atoms with Crippen molar-refractivity contribution >= 4 is 41.7 Å². The Hall–Kier alpha value is 0.350. The Kier molecular flexibility index (Phi) is 9.33. The topological polar surface area (TPSA) is 36.4 Å². The number of nitrogens with one attached hydrogen (secondary N) is 2. The van der Waals surface area contributed by atoms with Crippen LogP contribution in [0.5, 0.6) is 0 Å². The third-order valence-corrected chi connectivity index (χ3v) is 5.96. The van der Waals surface area contributed by atoms with Gasteiger partial charge in [-0.3, -0.25) is 4.99 Å². The third-order valence-electron chi connectivity index (χ3n) is 4.57. The molecule has 1 aliphatic heterocycles. The molecule has 20 heavy (non-hydrogen) atoms. The molecule has 3 nitrogen and oxygen atoms in total. The third kappa shape index (κ3) is 6.00. The average Bonchev–Trinajstić information content (AvgIpc) is 2.94. The molecule has 1 saturated carbocycles. The minimum absolute atomic E-state index is 0. The number of hydrogen-bond acceptors (Lipinski definition) is 2. The van der Waals surface area contributed by atoms with Crippen molar-refractivity contribution in [3.8, 4) is 0 Å². The fourth-order valence-corrected chi connectivity index (χ4v) is 4.36. The van der Waals surface area contributed by atoms with E-state index in [0.717, 1.165) is 36.1 Å². The van der Waals surface area contributed by atoms with Gasteiger partial charge in [0.25, 0.3) is 0 Å². The van der Waals surface area contributed by atoms with Gasteiger partial charge in [-0.2, -0.15) is 11.8 Å². The Morgan fingerprint density at radius 2 is 1.85 bits per heavy atom. The molecular formula is C15H30IN3S. The summed E-state index contributed by atoms with van der Waals surface area (Å²) in [6, 6.07) is 0. The molecule has 0 aromatic rings. The van der Waals surface area contributed by atoms with Gasteiger partial charge in [0.1, 0.15) is 0 Å². The zero-order chi connectivity index (χ0) is 13.5. The maximum absolute atomic E-state index is 4.34. The van der Waals surface area contributed by atoms with Crippen molar-refractivity contribution in [2.75, 3.05) is 25.9 Å². The summed E-state index contributed by atoms with van der Waals surface area (Å²) >= 11 is 2.10. The first-order chi connectivity index (χ1) is 9.29. The van der Waals surface area contributed by atoms with E-state index in [-0.39, 0.29) is 24.0 Å². The highest BCUT2D eigenvalue weighted by Crippen LogP contribution is 2.28. The largest absolute Gasteiger partial charge is 0.356 e. The minimum atomic E-state index is 0. The number of aliphatic imine (C=N–C) groups is 1. The van der Waals surface area contributed by atoms with Crippen LogP contribution in [-0.2, 0) is 0 Å². The van der Waals surface area contributed by atoms with Crippen LogP contribution >= 0.6 is 35.7 Å². The van der Waals surface area contributed by atoms with E-state index in [9.17, 15) is 0 Å². The lowest BCUT2D eigenvalue weighted by atomic mass is 9.80. The van der Waals surface area contributed by atoms with Crippen molar-refractivity contribution < 1.29 is 0 Å². The smallest absolute Gasteiger partial charge is 0.191 e. The number of halogens is 1. The molecule has 3 unspecified atom stereocenters. The molecular weight excluding hydrogens is 381 g/mol. The highest BCUT2D eigenvalue weighted by Gasteiger charge is 2.21. The predicted octanol–water partition coefficient (Wildman–Crippen LogP) is 3.49. The summed E-state index contributed by atoms with van der Waals surface area (Å²) in [5.41, 5.74) is 0. The number of nitrogens with zero attached hydrogens (tertiary/aromatic N) is 1. The van der Waals surface area contributed by atoms with Crippen LogP contribution in [0, 0.1) is 11.8 Å². The Morgan fingerprint density at radius 1 is 1.10 bits per heavy atom. The Bertz CT molecular complexity index is 293. The molecule has 1 saturated heterocycles. The molecule has 3 atom stereocenters. The van der Waals surface area contributed by atoms with Crippen molar-refractivity contribution in [3.05, 3.63) is 0 Å². The van der Waals surface area contributed by atoms with E-state index < -0.39 is 0 Å². The van der Waals surface area contributed by atoms with Crippen LogP contribution < -0.4 is 10.6 Å². The van der Waals surface area contributed by atoms with Crippen molar-refractivity contribution in [1.29, 1.82) is 0 Å². The zero-order valence-electron chi connectivity index (χ0n) is 12.9. The average molecular weight is 411 g/mol. The van der Waals surface area contributed by atoms with E-state index >= 15 is 0 Å². The standard InChI is InChI=1S/C15H29N3S.HI/c1-12-6-3-4-7-13(12)10-17-15(16-2)18-11-14-8-5-9-19-14;/h12-14H,3-11H2,1-2H3,(H2,16,17,18);1H. The van der Waals surface area contributed by atoms with Gasteiger partial charge in [-0.1, -0.05) is 26.2 Å². The predicted molar refractivity (Wildman–Crippen MR) is 101 cm³/mol. The van der Waals surface area contributed by atoms with Gasteiger partial charge in [0.15, 0.2) is 5.96 Å². The second kappa shape index (κ2) is 10.1. The van der Waals surface area contributed by atoms with Gasteiger partial charge in [0, 0.05) is 25.4 Å². The second-order valence-corrected chi connectivity index (χ2v) is 7.40. The normalized spacial score (nSPS) is 30.7. The van der Waals surface area contributed by atoms with E-state index in [2.05, 4.69) is 34.3 Å². The molecule has 1 heterocycles. The van der Waals surface area contributed by atoms with Gasteiger partial charge in [-0.15, -0.1) is 24.0 Å². The Morgan fingerprint density at radius 3 is 2.50 bits per heavy atom. The van der Waals surface area contributed by atoms with Crippen LogP contribution in [0.4, 0.5) is 0 Å². The van der Waals surface area contributed by atoms with Crippen molar-refractivity contribution in [3.63, 3.8) is 0 Å². The fourth-order valence-electron chi connectivity index (χ4n) is 3.16. The minimum Gasteiger partial charge on any atom is -0.356 e. The quantitative estimate of drug-likeness (QED) is 0.423. The molecule has 2 rings (SSSR count). The highest BCUT2D eigenvalue weighted by molar-refractivity contribution is 14.0. The summed E-state index contributed by atoms with van der Waals surface area (Å²) in [7, 11) is 1.88. The van der Waals surface area contributed by atoms with E-state index in [0.29, 0.717) is 0 Å². The summed E-state index contributed by atoms with van der Waals surface area (Å²) < 4.78 is 0. The first kappa shape index (κ1) is 18.4. The monoisotopic (exact) mass is 411 g/mol. The lowest BCUT2D eigenvalue weighted by molar-refractivity contribution is 0.256. The second-order valence-electron chi connectivity index (χ2n) is 5.99. The van der Waals surface area contributed by atoms with Crippen molar-refractivity contribution in [1.82, 2.24) is 10.6 Å². The molecule has 2 aliphatic rings. The first-order valence-electron chi connectivity index (χ1n) is 7.85. The number of hydrogen-bond donors (Lipinski definition) is 2. The molecule has 2 fully saturated rings. The van der Waals surface area contributed by atoms with Crippen LogP contribution in [0.1, 0.15) is 45.4 Å². The number of thioether (sulfide) groups is 1. The van der Waals surface area contributed by atoms with Gasteiger partial charge in [-0.05, 0) is 36.9 Å². The van der Waals surface area contributed by atoms with Crippen LogP contribution in [-0.4, -0.2) is 37.1 Å². The zero-order valence-corrected chi connectivity index (χ0v) is 16.0. The highest BCUT2D eigenvalue weighted by atomic mass is 127. The summed E-state index contributed by atoms with van der Waals surface area (Å²) in [6.45, 7) is 4.54. The van der Waals surface area contributed by atoms with E-state index in [1.54, 1.807) is 0 Å². The molecule has 0 spiro atoms. The summed E-state index contributed by atoms with van der Waals surface area (Å²) in [5.74, 6) is 4.01. The van der Waals surface area contributed by atoms with Gasteiger partial charge >= 0.3 is 0 Å². The number of guanidine groups is 1. The molecule has 0 amide bonds. The molecule has 0 aromatic carbocycles. The molecule has 118 valence electrons. The van der Waals surface area contributed by atoms with E-state index in [1.165, 1.54) is 44.3 Å². The van der Waals surface area contributed by atoms with Gasteiger partial charge < -0.3 is 10.6 Å². The van der Waals surface area contributed by atoms with Crippen molar-refractivity contribution in [2.24, 2.45) is 16.8 Å². The van der Waals surface area contributed by atoms with Crippen molar-refractivity contribution in [2.45, 2.75) is 50.7 Å². The number of rotatable bonds is 4. The molecule has 5 heteroatoms. The van der Waals surface area contributed by atoms with Gasteiger partial charge in [0.05, 0.1) is 0 Å². The molecule has 0 bridgehead atoms. The molecule has 0 radical (unpaired) electrons. The Balaban J connectivity index is 0.00000200. The van der Waals surface area contributed by atoms with Gasteiger partial charge in [-0.25, -0.2) is 0 Å².